The number of hydrogen-bond donors (Lipinski definition) is 0. The van der Waals surface area contributed by atoms with E-state index in [4.69, 9.17) is 9.51 Å². The lowest BCUT2D eigenvalue weighted by atomic mass is 10.0. The number of fused-ring (bicyclic) bond motifs is 1. The average Bonchev–Trinajstić information content (AvgIpc) is 3.37. The Morgan fingerprint density at radius 2 is 1.86 bits per heavy atom. The molecule has 2 aromatic carbocycles. The number of rotatable bonds is 6. The van der Waals surface area contributed by atoms with Crippen LogP contribution in [0, 0.1) is 19.7 Å². The molecule has 36 heavy (non-hydrogen) atoms. The van der Waals surface area contributed by atoms with Gasteiger partial charge in [-0.2, -0.15) is 11.8 Å². The summed E-state index contributed by atoms with van der Waals surface area (Å²) in [5.41, 5.74) is 5.24. The van der Waals surface area contributed by atoms with Gasteiger partial charge in [-0.05, 0) is 80.0 Å². The third-order valence-electron chi connectivity index (χ3n) is 6.50. The summed E-state index contributed by atoms with van der Waals surface area (Å²) < 4.78 is 63.0. The molecule has 190 valence electrons. The zero-order valence-electron chi connectivity index (χ0n) is 19.9. The monoisotopic (exact) mass is 519 g/mol. The van der Waals surface area contributed by atoms with Crippen molar-refractivity contribution in [3.05, 3.63) is 65.1 Å². The van der Waals surface area contributed by atoms with Crippen molar-refractivity contribution in [2.75, 3.05) is 11.5 Å². The van der Waals surface area contributed by atoms with Crippen LogP contribution in [0.4, 0.5) is 17.6 Å². The van der Waals surface area contributed by atoms with E-state index in [1.807, 2.05) is 31.7 Å². The summed E-state index contributed by atoms with van der Waals surface area (Å²) in [5, 5.41) is 4.06. The predicted octanol–water partition coefficient (Wildman–Crippen LogP) is 7.20. The van der Waals surface area contributed by atoms with E-state index in [0.717, 1.165) is 75.9 Å². The largest absolute Gasteiger partial charge is 0.573 e. The first-order valence-electron chi connectivity index (χ1n) is 11.8. The number of aromatic nitrogens is 3. The molecule has 2 aromatic heterocycles. The predicted molar refractivity (Wildman–Crippen MR) is 131 cm³/mol. The van der Waals surface area contributed by atoms with Crippen LogP contribution in [-0.4, -0.2) is 32.6 Å². The first-order chi connectivity index (χ1) is 17.2. The van der Waals surface area contributed by atoms with Crippen molar-refractivity contribution in [3.8, 4) is 16.9 Å². The van der Waals surface area contributed by atoms with Crippen molar-refractivity contribution in [3.63, 3.8) is 0 Å². The Labute approximate surface area is 209 Å². The van der Waals surface area contributed by atoms with E-state index in [2.05, 4.69) is 26.6 Å². The number of imidazole rings is 1. The summed E-state index contributed by atoms with van der Waals surface area (Å²) in [4.78, 5) is 4.96. The van der Waals surface area contributed by atoms with E-state index in [0.29, 0.717) is 24.4 Å². The van der Waals surface area contributed by atoms with Gasteiger partial charge < -0.3 is 13.8 Å². The highest BCUT2D eigenvalue weighted by atomic mass is 32.2. The van der Waals surface area contributed by atoms with E-state index in [9.17, 15) is 17.6 Å². The van der Waals surface area contributed by atoms with Crippen molar-refractivity contribution in [2.45, 2.75) is 51.9 Å². The van der Waals surface area contributed by atoms with E-state index in [-0.39, 0.29) is 0 Å². The van der Waals surface area contributed by atoms with Crippen molar-refractivity contribution in [1.82, 2.24) is 14.7 Å². The molecule has 5 nitrogen and oxygen atoms in total. The Kier molecular flexibility index (Phi) is 6.72. The molecule has 0 unspecified atom stereocenters. The van der Waals surface area contributed by atoms with E-state index >= 15 is 0 Å². The fourth-order valence-electron chi connectivity index (χ4n) is 4.89. The van der Waals surface area contributed by atoms with Crippen LogP contribution >= 0.6 is 11.8 Å². The third kappa shape index (κ3) is 5.09. The summed E-state index contributed by atoms with van der Waals surface area (Å²) in [7, 11) is 0. The summed E-state index contributed by atoms with van der Waals surface area (Å²) in [6.07, 6.45) is -1.91. The van der Waals surface area contributed by atoms with Crippen molar-refractivity contribution in [2.24, 2.45) is 0 Å². The highest BCUT2D eigenvalue weighted by Gasteiger charge is 2.32. The molecule has 0 aliphatic carbocycles. The molecule has 1 aliphatic heterocycles. The second kappa shape index (κ2) is 9.80. The van der Waals surface area contributed by atoms with Gasteiger partial charge in [0.05, 0.1) is 16.7 Å². The van der Waals surface area contributed by atoms with Crippen LogP contribution in [0.25, 0.3) is 22.2 Å². The van der Waals surface area contributed by atoms with Crippen LogP contribution < -0.4 is 4.74 Å². The van der Waals surface area contributed by atoms with Gasteiger partial charge in [-0.1, -0.05) is 17.3 Å². The minimum Gasteiger partial charge on any atom is -0.403 e. The molecular weight excluding hydrogens is 494 g/mol. The lowest BCUT2D eigenvalue weighted by molar-refractivity contribution is -0.275. The normalized spacial score (nSPS) is 15.1. The molecule has 0 spiro atoms. The minimum absolute atomic E-state index is 0.315. The van der Waals surface area contributed by atoms with Gasteiger partial charge >= 0.3 is 6.36 Å². The molecule has 10 heteroatoms. The molecule has 0 bridgehead atoms. The molecule has 3 heterocycles. The molecule has 1 aliphatic rings. The zero-order valence-corrected chi connectivity index (χ0v) is 20.7. The Balaban J connectivity index is 1.47. The lowest BCUT2D eigenvalue weighted by Gasteiger charge is -2.25. The molecule has 1 saturated heterocycles. The highest BCUT2D eigenvalue weighted by Crippen LogP contribution is 2.35. The topological polar surface area (TPSA) is 53.1 Å². The van der Waals surface area contributed by atoms with Crippen molar-refractivity contribution >= 4 is 22.8 Å². The van der Waals surface area contributed by atoms with E-state index in [1.165, 1.54) is 6.07 Å². The van der Waals surface area contributed by atoms with Crippen LogP contribution in [0.1, 0.15) is 41.7 Å². The van der Waals surface area contributed by atoms with Gasteiger partial charge in [-0.25, -0.2) is 9.37 Å². The molecule has 1 fully saturated rings. The van der Waals surface area contributed by atoms with Crippen LogP contribution in [0.15, 0.2) is 40.9 Å². The molecule has 0 radical (unpaired) electrons. The average molecular weight is 520 g/mol. The molecule has 0 N–H and O–H groups in total. The highest BCUT2D eigenvalue weighted by molar-refractivity contribution is 7.99. The fourth-order valence-corrected chi connectivity index (χ4v) is 5.97. The first kappa shape index (κ1) is 24.7. The third-order valence-corrected chi connectivity index (χ3v) is 7.55. The molecule has 4 aromatic rings. The maximum absolute atomic E-state index is 14.2. The number of benzene rings is 2. The maximum atomic E-state index is 14.2. The van der Waals surface area contributed by atoms with E-state index in [1.54, 1.807) is 0 Å². The Morgan fingerprint density at radius 1 is 1.08 bits per heavy atom. The van der Waals surface area contributed by atoms with Crippen molar-refractivity contribution < 1.29 is 26.8 Å². The molecular formula is C26H25F4N3O2S. The minimum atomic E-state index is -4.94. The van der Waals surface area contributed by atoms with Crippen molar-refractivity contribution in [1.29, 1.82) is 0 Å². The Hall–Kier alpha value is -3.01. The van der Waals surface area contributed by atoms with Gasteiger partial charge in [0.15, 0.2) is 11.6 Å². The van der Waals surface area contributed by atoms with Gasteiger partial charge in [0, 0.05) is 18.0 Å². The summed E-state index contributed by atoms with van der Waals surface area (Å²) >= 11 is 1.94. The van der Waals surface area contributed by atoms with Gasteiger partial charge in [0.1, 0.15) is 11.6 Å². The Bertz CT molecular complexity index is 1370. The van der Waals surface area contributed by atoms with Gasteiger partial charge in [-0.15, -0.1) is 13.2 Å². The number of alkyl halides is 3. The van der Waals surface area contributed by atoms with Crippen LogP contribution in [0.5, 0.6) is 5.75 Å². The number of halogens is 4. The molecule has 0 amide bonds. The van der Waals surface area contributed by atoms with Crippen LogP contribution in [0.2, 0.25) is 0 Å². The number of aryl methyl sites for hydroxylation is 4. The van der Waals surface area contributed by atoms with E-state index < -0.39 is 17.9 Å². The zero-order chi connectivity index (χ0) is 25.4. The number of nitrogens with zero attached hydrogens (tertiary/aromatic N) is 3. The standard InChI is InChI=1S/C26H25F4N3O2S/c1-15-25(16(2)35-32-15)18-5-6-22-21(14-18)31-24(33(22)19-9-11-36-12-10-19)8-4-17-3-7-23(20(27)13-17)34-26(28,29)30/h3,5-7,13-14,19H,4,8-12H2,1-2H3. The smallest absolute Gasteiger partial charge is 0.403 e. The van der Waals surface area contributed by atoms with Gasteiger partial charge in [-0.3, -0.25) is 0 Å². The summed E-state index contributed by atoms with van der Waals surface area (Å²) in [6, 6.07) is 10.1. The molecule has 5 rings (SSSR count). The van der Waals surface area contributed by atoms with Gasteiger partial charge in [0.25, 0.3) is 0 Å². The quantitative estimate of drug-likeness (QED) is 0.252. The maximum Gasteiger partial charge on any atom is 0.573 e. The number of hydrogen-bond acceptors (Lipinski definition) is 5. The second-order valence-corrected chi connectivity index (χ2v) is 10.2. The van der Waals surface area contributed by atoms with Crippen LogP contribution in [-0.2, 0) is 12.8 Å². The van der Waals surface area contributed by atoms with Crippen LogP contribution in [0.3, 0.4) is 0 Å². The second-order valence-electron chi connectivity index (χ2n) is 8.96. The number of ether oxygens (including phenoxy) is 1. The van der Waals surface area contributed by atoms with Gasteiger partial charge in [0.2, 0.25) is 0 Å². The summed E-state index contributed by atoms with van der Waals surface area (Å²) in [5.74, 6) is 1.92. The first-order valence-corrected chi connectivity index (χ1v) is 12.9. The summed E-state index contributed by atoms with van der Waals surface area (Å²) in [6.45, 7) is 3.79. The number of thioether (sulfide) groups is 1. The molecule has 0 saturated carbocycles. The SMILES string of the molecule is Cc1noc(C)c1-c1ccc2c(c1)nc(CCc1ccc(OC(F)(F)F)c(F)c1)n2C1CCSCC1. The lowest BCUT2D eigenvalue weighted by Crippen LogP contribution is -2.18. The fraction of sp³-hybridized carbons (Fsp3) is 0.385. The Morgan fingerprint density at radius 3 is 2.53 bits per heavy atom. The molecule has 0 atom stereocenters.